The number of nitrogens with one attached hydrogen (secondary N) is 1. The van der Waals surface area contributed by atoms with Gasteiger partial charge in [-0.2, -0.15) is 0 Å². The number of halogens is 1. The van der Waals surface area contributed by atoms with Crippen LogP contribution in [0.4, 0.5) is 0 Å². The van der Waals surface area contributed by atoms with Gasteiger partial charge in [-0.05, 0) is 50.9 Å². The number of rotatable bonds is 1. The smallest absolute Gasteiger partial charge is 0.215 e. The monoisotopic (exact) mass is 294 g/mol. The standard InChI is InChI=1S/C13H15BrN2O/c1-13(6-2-3-7-15-13)12-16-10-8-9(14)4-5-11(10)17-12/h4-5,8,15H,2-3,6-7H2,1H3. The molecule has 1 fully saturated rings. The van der Waals surface area contributed by atoms with E-state index in [2.05, 4.69) is 33.2 Å². The second kappa shape index (κ2) is 4.10. The van der Waals surface area contributed by atoms with Gasteiger partial charge in [-0.25, -0.2) is 4.98 Å². The minimum atomic E-state index is -0.107. The van der Waals surface area contributed by atoms with Crippen LogP contribution in [-0.2, 0) is 5.54 Å². The van der Waals surface area contributed by atoms with Gasteiger partial charge in [-0.15, -0.1) is 0 Å². The molecular formula is C13H15BrN2O. The van der Waals surface area contributed by atoms with Crippen molar-refractivity contribution >= 4 is 27.0 Å². The number of piperidine rings is 1. The van der Waals surface area contributed by atoms with Crippen LogP contribution in [0.15, 0.2) is 27.1 Å². The molecule has 1 N–H and O–H groups in total. The van der Waals surface area contributed by atoms with Crippen LogP contribution in [0.25, 0.3) is 11.1 Å². The quantitative estimate of drug-likeness (QED) is 0.874. The van der Waals surface area contributed by atoms with Gasteiger partial charge in [0.15, 0.2) is 5.58 Å². The fraction of sp³-hybridized carbons (Fsp3) is 0.462. The van der Waals surface area contributed by atoms with Crippen molar-refractivity contribution in [3.8, 4) is 0 Å². The normalized spacial score (nSPS) is 25.3. The predicted octanol–water partition coefficient (Wildman–Crippen LogP) is 3.58. The molecule has 17 heavy (non-hydrogen) atoms. The van der Waals surface area contributed by atoms with Crippen molar-refractivity contribution < 1.29 is 4.42 Å². The molecule has 1 atom stereocenters. The van der Waals surface area contributed by atoms with Gasteiger partial charge >= 0.3 is 0 Å². The number of hydrogen-bond acceptors (Lipinski definition) is 3. The molecule has 4 heteroatoms. The summed E-state index contributed by atoms with van der Waals surface area (Å²) in [6, 6.07) is 5.94. The maximum Gasteiger partial charge on any atom is 0.215 e. The van der Waals surface area contributed by atoms with Crippen LogP contribution in [0.1, 0.15) is 32.1 Å². The van der Waals surface area contributed by atoms with Crippen LogP contribution in [0.2, 0.25) is 0 Å². The van der Waals surface area contributed by atoms with Gasteiger partial charge in [0.25, 0.3) is 0 Å². The number of aromatic nitrogens is 1. The zero-order valence-electron chi connectivity index (χ0n) is 9.79. The largest absolute Gasteiger partial charge is 0.439 e. The molecule has 0 amide bonds. The zero-order valence-corrected chi connectivity index (χ0v) is 11.4. The Labute approximate surface area is 109 Å². The van der Waals surface area contributed by atoms with Gasteiger partial charge in [-0.1, -0.05) is 15.9 Å². The summed E-state index contributed by atoms with van der Waals surface area (Å²) in [6.45, 7) is 3.21. The van der Waals surface area contributed by atoms with E-state index < -0.39 is 0 Å². The summed E-state index contributed by atoms with van der Waals surface area (Å²) >= 11 is 3.45. The summed E-state index contributed by atoms with van der Waals surface area (Å²) in [5.41, 5.74) is 1.67. The van der Waals surface area contributed by atoms with E-state index in [1.807, 2.05) is 18.2 Å². The molecule has 0 spiro atoms. The number of fused-ring (bicyclic) bond motifs is 1. The molecule has 0 aliphatic carbocycles. The fourth-order valence-electron chi connectivity index (χ4n) is 2.38. The molecule has 1 saturated heterocycles. The van der Waals surface area contributed by atoms with Gasteiger partial charge < -0.3 is 9.73 Å². The average Bonchev–Trinajstić information content (AvgIpc) is 2.73. The summed E-state index contributed by atoms with van der Waals surface area (Å²) in [7, 11) is 0. The van der Waals surface area contributed by atoms with Crippen LogP contribution >= 0.6 is 15.9 Å². The molecule has 1 aliphatic rings. The highest BCUT2D eigenvalue weighted by atomic mass is 79.9. The molecule has 0 bridgehead atoms. The molecule has 0 radical (unpaired) electrons. The SMILES string of the molecule is CC1(c2nc3cc(Br)ccc3o2)CCCCN1. The van der Waals surface area contributed by atoms with Crippen molar-refractivity contribution in [1.29, 1.82) is 0 Å². The van der Waals surface area contributed by atoms with Crippen LogP contribution in [0, 0.1) is 0 Å². The molecule has 3 nitrogen and oxygen atoms in total. The molecule has 90 valence electrons. The van der Waals surface area contributed by atoms with E-state index in [0.717, 1.165) is 34.4 Å². The van der Waals surface area contributed by atoms with E-state index in [4.69, 9.17) is 4.42 Å². The summed E-state index contributed by atoms with van der Waals surface area (Å²) in [6.07, 6.45) is 3.55. The highest BCUT2D eigenvalue weighted by molar-refractivity contribution is 9.10. The van der Waals surface area contributed by atoms with E-state index in [-0.39, 0.29) is 5.54 Å². The molecule has 2 aromatic rings. The van der Waals surface area contributed by atoms with Crippen LogP contribution in [0.5, 0.6) is 0 Å². The minimum absolute atomic E-state index is 0.107. The van der Waals surface area contributed by atoms with Gasteiger partial charge in [0.2, 0.25) is 5.89 Å². The first-order chi connectivity index (χ1) is 8.17. The lowest BCUT2D eigenvalue weighted by molar-refractivity contribution is 0.232. The highest BCUT2D eigenvalue weighted by Crippen LogP contribution is 2.32. The Balaban J connectivity index is 2.05. The first-order valence-electron chi connectivity index (χ1n) is 5.99. The van der Waals surface area contributed by atoms with Crippen LogP contribution in [0.3, 0.4) is 0 Å². The van der Waals surface area contributed by atoms with Gasteiger partial charge in [-0.3, -0.25) is 0 Å². The second-order valence-electron chi connectivity index (χ2n) is 4.85. The highest BCUT2D eigenvalue weighted by Gasteiger charge is 2.33. The van der Waals surface area contributed by atoms with Gasteiger partial charge in [0.05, 0.1) is 5.54 Å². The molecule has 1 unspecified atom stereocenters. The lowest BCUT2D eigenvalue weighted by Crippen LogP contribution is -2.43. The Hall–Kier alpha value is -0.870. The molecule has 2 heterocycles. The Kier molecular flexibility index (Phi) is 2.71. The lowest BCUT2D eigenvalue weighted by Gasteiger charge is -2.31. The molecule has 3 rings (SSSR count). The summed E-state index contributed by atoms with van der Waals surface area (Å²) < 4.78 is 6.90. The van der Waals surface area contributed by atoms with Crippen molar-refractivity contribution in [2.45, 2.75) is 31.7 Å². The van der Waals surface area contributed by atoms with Gasteiger partial charge in [0.1, 0.15) is 5.52 Å². The minimum Gasteiger partial charge on any atom is -0.439 e. The molecule has 1 aromatic carbocycles. The first-order valence-corrected chi connectivity index (χ1v) is 6.78. The summed E-state index contributed by atoms with van der Waals surface area (Å²) in [4.78, 5) is 4.61. The Bertz CT molecular complexity index is 543. The molecular weight excluding hydrogens is 280 g/mol. The lowest BCUT2D eigenvalue weighted by atomic mass is 9.91. The fourth-order valence-corrected chi connectivity index (χ4v) is 2.72. The number of oxazole rings is 1. The number of nitrogens with zero attached hydrogens (tertiary/aromatic N) is 1. The van der Waals surface area contributed by atoms with E-state index in [1.165, 1.54) is 12.8 Å². The van der Waals surface area contributed by atoms with Crippen LogP contribution in [-0.4, -0.2) is 11.5 Å². The summed E-state index contributed by atoms with van der Waals surface area (Å²) in [5.74, 6) is 0.810. The number of benzene rings is 1. The summed E-state index contributed by atoms with van der Waals surface area (Å²) in [5, 5.41) is 3.52. The molecule has 1 aromatic heterocycles. The van der Waals surface area contributed by atoms with Crippen molar-refractivity contribution in [3.63, 3.8) is 0 Å². The molecule has 1 aliphatic heterocycles. The van der Waals surface area contributed by atoms with Crippen molar-refractivity contribution in [2.75, 3.05) is 6.54 Å². The van der Waals surface area contributed by atoms with Gasteiger partial charge in [0, 0.05) is 4.47 Å². The van der Waals surface area contributed by atoms with E-state index in [9.17, 15) is 0 Å². The first kappa shape index (κ1) is 11.2. The third-order valence-corrected chi connectivity index (χ3v) is 3.93. The van der Waals surface area contributed by atoms with Crippen molar-refractivity contribution in [2.24, 2.45) is 0 Å². The second-order valence-corrected chi connectivity index (χ2v) is 5.76. The predicted molar refractivity (Wildman–Crippen MR) is 70.9 cm³/mol. The third kappa shape index (κ3) is 2.00. The topological polar surface area (TPSA) is 38.1 Å². The Morgan fingerprint density at radius 1 is 1.41 bits per heavy atom. The zero-order chi connectivity index (χ0) is 11.9. The Morgan fingerprint density at radius 2 is 2.29 bits per heavy atom. The molecule has 0 saturated carbocycles. The van der Waals surface area contributed by atoms with Crippen molar-refractivity contribution in [3.05, 3.63) is 28.6 Å². The number of hydrogen-bond donors (Lipinski definition) is 1. The maximum atomic E-state index is 5.87. The maximum absolute atomic E-state index is 5.87. The average molecular weight is 295 g/mol. The Morgan fingerprint density at radius 3 is 3.06 bits per heavy atom. The van der Waals surface area contributed by atoms with E-state index in [1.54, 1.807) is 0 Å². The van der Waals surface area contributed by atoms with Crippen molar-refractivity contribution in [1.82, 2.24) is 10.3 Å². The van der Waals surface area contributed by atoms with E-state index >= 15 is 0 Å². The van der Waals surface area contributed by atoms with Crippen LogP contribution < -0.4 is 5.32 Å². The third-order valence-electron chi connectivity index (χ3n) is 3.44. The van der Waals surface area contributed by atoms with E-state index in [0.29, 0.717) is 0 Å².